The number of rotatable bonds is 3. The van der Waals surface area contributed by atoms with Crippen LogP contribution in [0.2, 0.25) is 0 Å². The zero-order chi connectivity index (χ0) is 9.86. The first-order valence-corrected chi connectivity index (χ1v) is 5.28. The van der Waals surface area contributed by atoms with E-state index in [2.05, 4.69) is 10.2 Å². The van der Waals surface area contributed by atoms with E-state index in [4.69, 9.17) is 0 Å². The molecular formula is C10H17N3O. The van der Waals surface area contributed by atoms with Crippen molar-refractivity contribution in [2.24, 2.45) is 5.41 Å². The second-order valence-corrected chi connectivity index (χ2v) is 4.35. The fraction of sp³-hybridized carbons (Fsp3) is 0.800. The zero-order valence-electron chi connectivity index (χ0n) is 8.39. The van der Waals surface area contributed by atoms with Crippen LogP contribution in [0, 0.1) is 5.41 Å². The first kappa shape index (κ1) is 9.65. The third kappa shape index (κ3) is 1.95. The summed E-state index contributed by atoms with van der Waals surface area (Å²) in [5, 5.41) is 17.1. The number of aliphatic hydroxyl groups is 1. The molecule has 1 heterocycles. The second-order valence-electron chi connectivity index (χ2n) is 4.35. The summed E-state index contributed by atoms with van der Waals surface area (Å²) >= 11 is 0. The highest BCUT2D eigenvalue weighted by Gasteiger charge is 2.31. The lowest BCUT2D eigenvalue weighted by Crippen LogP contribution is -2.32. The van der Waals surface area contributed by atoms with Crippen LogP contribution in [0.25, 0.3) is 0 Å². The quantitative estimate of drug-likeness (QED) is 0.789. The summed E-state index contributed by atoms with van der Waals surface area (Å²) in [6, 6.07) is 0. The summed E-state index contributed by atoms with van der Waals surface area (Å²) in [5.41, 5.74) is 0.0840. The van der Waals surface area contributed by atoms with Crippen LogP contribution in [0.1, 0.15) is 32.1 Å². The van der Waals surface area contributed by atoms with Gasteiger partial charge in [0, 0.05) is 12.0 Å². The molecule has 0 aromatic carbocycles. The molecule has 0 atom stereocenters. The standard InChI is InChI=1S/C10H17N3O/c14-7-10(4-2-1-3-5-10)6-13-8-11-12-9-13/h8-9,14H,1-7H2. The molecule has 0 amide bonds. The molecule has 1 N–H and O–H groups in total. The average molecular weight is 195 g/mol. The highest BCUT2D eigenvalue weighted by molar-refractivity contribution is 4.83. The molecule has 0 radical (unpaired) electrons. The van der Waals surface area contributed by atoms with Crippen molar-refractivity contribution in [2.75, 3.05) is 6.61 Å². The van der Waals surface area contributed by atoms with E-state index in [1.165, 1.54) is 19.3 Å². The van der Waals surface area contributed by atoms with Gasteiger partial charge in [0.05, 0.1) is 6.61 Å². The van der Waals surface area contributed by atoms with Gasteiger partial charge in [0.1, 0.15) is 12.7 Å². The molecule has 2 rings (SSSR count). The first-order chi connectivity index (χ1) is 6.85. The molecule has 1 aromatic rings. The van der Waals surface area contributed by atoms with Crippen LogP contribution in [-0.4, -0.2) is 26.5 Å². The number of aromatic nitrogens is 3. The Bertz CT molecular complexity index is 265. The fourth-order valence-electron chi connectivity index (χ4n) is 2.36. The minimum absolute atomic E-state index is 0.0840. The molecule has 0 saturated heterocycles. The van der Waals surface area contributed by atoms with Crippen molar-refractivity contribution in [2.45, 2.75) is 38.6 Å². The zero-order valence-corrected chi connectivity index (χ0v) is 8.39. The summed E-state index contributed by atoms with van der Waals surface area (Å²) in [5.74, 6) is 0. The van der Waals surface area contributed by atoms with Crippen molar-refractivity contribution in [3.8, 4) is 0 Å². The lowest BCUT2D eigenvalue weighted by atomic mass is 9.74. The molecule has 0 aliphatic heterocycles. The van der Waals surface area contributed by atoms with Gasteiger partial charge in [-0.25, -0.2) is 0 Å². The molecule has 4 heteroatoms. The van der Waals surface area contributed by atoms with E-state index in [9.17, 15) is 5.11 Å². The topological polar surface area (TPSA) is 50.9 Å². The Labute approximate surface area is 84.0 Å². The third-order valence-electron chi connectivity index (χ3n) is 3.23. The molecule has 1 fully saturated rings. The van der Waals surface area contributed by atoms with Gasteiger partial charge >= 0.3 is 0 Å². The smallest absolute Gasteiger partial charge is 0.119 e. The van der Waals surface area contributed by atoms with E-state index in [0.29, 0.717) is 0 Å². The van der Waals surface area contributed by atoms with Gasteiger partial charge in [-0.05, 0) is 12.8 Å². The van der Waals surface area contributed by atoms with Crippen molar-refractivity contribution in [1.82, 2.24) is 14.8 Å². The van der Waals surface area contributed by atoms with Crippen LogP contribution < -0.4 is 0 Å². The lowest BCUT2D eigenvalue weighted by Gasteiger charge is -2.35. The molecule has 78 valence electrons. The molecular weight excluding hydrogens is 178 g/mol. The Hall–Kier alpha value is -0.900. The maximum atomic E-state index is 9.49. The summed E-state index contributed by atoms with van der Waals surface area (Å²) in [6.07, 6.45) is 9.50. The molecule has 0 bridgehead atoms. The molecule has 1 saturated carbocycles. The van der Waals surface area contributed by atoms with Crippen LogP contribution in [0.4, 0.5) is 0 Å². The van der Waals surface area contributed by atoms with E-state index < -0.39 is 0 Å². The van der Waals surface area contributed by atoms with Gasteiger partial charge in [-0.1, -0.05) is 19.3 Å². The van der Waals surface area contributed by atoms with Crippen molar-refractivity contribution in [3.63, 3.8) is 0 Å². The number of aliphatic hydroxyl groups excluding tert-OH is 1. The number of nitrogens with zero attached hydrogens (tertiary/aromatic N) is 3. The lowest BCUT2D eigenvalue weighted by molar-refractivity contribution is 0.0645. The van der Waals surface area contributed by atoms with Crippen LogP contribution in [-0.2, 0) is 6.54 Å². The summed E-state index contributed by atoms with van der Waals surface area (Å²) in [7, 11) is 0. The van der Waals surface area contributed by atoms with E-state index in [1.54, 1.807) is 12.7 Å². The van der Waals surface area contributed by atoms with E-state index >= 15 is 0 Å². The van der Waals surface area contributed by atoms with Gasteiger partial charge in [0.15, 0.2) is 0 Å². The fourth-order valence-corrected chi connectivity index (χ4v) is 2.36. The molecule has 14 heavy (non-hydrogen) atoms. The Morgan fingerprint density at radius 2 is 1.79 bits per heavy atom. The SMILES string of the molecule is OCC1(Cn2cnnc2)CCCCC1. The van der Waals surface area contributed by atoms with Gasteiger partial charge < -0.3 is 9.67 Å². The average Bonchev–Trinajstić information content (AvgIpc) is 2.72. The van der Waals surface area contributed by atoms with Crippen molar-refractivity contribution < 1.29 is 5.11 Å². The summed E-state index contributed by atoms with van der Waals surface area (Å²) in [6.45, 7) is 1.14. The number of hydrogen-bond acceptors (Lipinski definition) is 3. The monoisotopic (exact) mass is 195 g/mol. The van der Waals surface area contributed by atoms with Gasteiger partial charge in [-0.15, -0.1) is 10.2 Å². The molecule has 1 aliphatic rings. The number of hydrogen-bond donors (Lipinski definition) is 1. The van der Waals surface area contributed by atoms with Crippen LogP contribution >= 0.6 is 0 Å². The molecule has 4 nitrogen and oxygen atoms in total. The highest BCUT2D eigenvalue weighted by atomic mass is 16.3. The largest absolute Gasteiger partial charge is 0.396 e. The molecule has 0 unspecified atom stereocenters. The van der Waals surface area contributed by atoms with Gasteiger partial charge in [-0.2, -0.15) is 0 Å². The second kappa shape index (κ2) is 4.09. The Balaban J connectivity index is 2.04. The predicted molar refractivity (Wildman–Crippen MR) is 52.6 cm³/mol. The van der Waals surface area contributed by atoms with Crippen LogP contribution in [0.3, 0.4) is 0 Å². The highest BCUT2D eigenvalue weighted by Crippen LogP contribution is 2.37. The van der Waals surface area contributed by atoms with Crippen LogP contribution in [0.5, 0.6) is 0 Å². The van der Waals surface area contributed by atoms with Crippen LogP contribution in [0.15, 0.2) is 12.7 Å². The third-order valence-corrected chi connectivity index (χ3v) is 3.23. The maximum Gasteiger partial charge on any atom is 0.119 e. The van der Waals surface area contributed by atoms with Crippen molar-refractivity contribution in [3.05, 3.63) is 12.7 Å². The van der Waals surface area contributed by atoms with E-state index in [0.717, 1.165) is 19.4 Å². The molecule has 1 aliphatic carbocycles. The van der Waals surface area contributed by atoms with Gasteiger partial charge in [0.25, 0.3) is 0 Å². The minimum Gasteiger partial charge on any atom is -0.396 e. The summed E-state index contributed by atoms with van der Waals surface area (Å²) < 4.78 is 1.97. The van der Waals surface area contributed by atoms with E-state index in [-0.39, 0.29) is 12.0 Å². The Morgan fingerprint density at radius 1 is 1.14 bits per heavy atom. The first-order valence-electron chi connectivity index (χ1n) is 5.28. The maximum absolute atomic E-state index is 9.49. The predicted octanol–water partition coefficient (Wildman–Crippen LogP) is 1.22. The summed E-state index contributed by atoms with van der Waals surface area (Å²) in [4.78, 5) is 0. The van der Waals surface area contributed by atoms with Gasteiger partial charge in [0.2, 0.25) is 0 Å². The van der Waals surface area contributed by atoms with Crippen molar-refractivity contribution in [1.29, 1.82) is 0 Å². The normalized spacial score (nSPS) is 20.9. The van der Waals surface area contributed by atoms with Crippen molar-refractivity contribution >= 4 is 0 Å². The molecule has 0 spiro atoms. The van der Waals surface area contributed by atoms with E-state index in [1.807, 2.05) is 4.57 Å². The Morgan fingerprint density at radius 3 is 2.36 bits per heavy atom. The molecule has 1 aromatic heterocycles. The van der Waals surface area contributed by atoms with Gasteiger partial charge in [-0.3, -0.25) is 0 Å². The Kier molecular flexibility index (Phi) is 2.82. The minimum atomic E-state index is 0.0840.